The SMILES string of the molecule is CC(=O)N/C=C/C(C)=C/C(C)C1C/C(C)=C/C=C/CCC(OC(N)=O)C(O)/C=C/C(O)CCC/C=C/C(=O)O1. The molecule has 5 N–H and O–H groups in total. The van der Waals surface area contributed by atoms with E-state index in [1.807, 2.05) is 45.1 Å². The van der Waals surface area contributed by atoms with Gasteiger partial charge in [0, 0.05) is 31.5 Å². The molecule has 39 heavy (non-hydrogen) atoms. The lowest BCUT2D eigenvalue weighted by atomic mass is 9.95. The number of esters is 1. The smallest absolute Gasteiger partial charge is 0.404 e. The van der Waals surface area contributed by atoms with E-state index in [-0.39, 0.29) is 11.8 Å². The first kappa shape index (κ1) is 33.6. The van der Waals surface area contributed by atoms with Crippen molar-refractivity contribution in [3.8, 4) is 0 Å². The molecule has 0 fully saturated rings. The highest BCUT2D eigenvalue weighted by Gasteiger charge is 2.21. The van der Waals surface area contributed by atoms with E-state index in [4.69, 9.17) is 15.2 Å². The van der Waals surface area contributed by atoms with Gasteiger partial charge < -0.3 is 30.7 Å². The molecule has 1 heterocycles. The summed E-state index contributed by atoms with van der Waals surface area (Å²) in [4.78, 5) is 34.9. The van der Waals surface area contributed by atoms with Gasteiger partial charge >= 0.3 is 12.1 Å². The van der Waals surface area contributed by atoms with Crippen molar-refractivity contribution >= 4 is 18.0 Å². The molecule has 0 bridgehead atoms. The molecule has 216 valence electrons. The van der Waals surface area contributed by atoms with Crippen molar-refractivity contribution in [2.24, 2.45) is 11.7 Å². The van der Waals surface area contributed by atoms with Gasteiger partial charge in [0.15, 0.2) is 0 Å². The van der Waals surface area contributed by atoms with Crippen LogP contribution < -0.4 is 11.1 Å². The third-order valence-corrected chi connectivity index (χ3v) is 5.97. The number of rotatable bonds is 5. The maximum absolute atomic E-state index is 12.6. The molecule has 0 spiro atoms. The van der Waals surface area contributed by atoms with Gasteiger partial charge in [-0.05, 0) is 52.0 Å². The Labute approximate surface area is 231 Å². The average Bonchev–Trinajstić information content (AvgIpc) is 2.84. The molecule has 0 saturated carbocycles. The summed E-state index contributed by atoms with van der Waals surface area (Å²) in [6.07, 6.45) is 15.8. The zero-order chi connectivity index (χ0) is 29.2. The molecule has 1 aliphatic heterocycles. The van der Waals surface area contributed by atoms with Crippen LogP contribution in [0.5, 0.6) is 0 Å². The highest BCUT2D eigenvalue weighted by molar-refractivity contribution is 5.82. The summed E-state index contributed by atoms with van der Waals surface area (Å²) in [6.45, 7) is 7.26. The Kier molecular flexibility index (Phi) is 16.2. The second-order valence-corrected chi connectivity index (χ2v) is 9.75. The van der Waals surface area contributed by atoms with Crippen LogP contribution in [-0.4, -0.2) is 52.6 Å². The lowest BCUT2D eigenvalue weighted by Crippen LogP contribution is -2.32. The number of amides is 2. The molecule has 1 rings (SSSR count). The maximum atomic E-state index is 12.6. The number of hydrogen-bond acceptors (Lipinski definition) is 7. The van der Waals surface area contributed by atoms with Crippen LogP contribution in [0, 0.1) is 5.92 Å². The quantitative estimate of drug-likeness (QED) is 0.229. The molecule has 0 radical (unpaired) electrons. The molecule has 0 aromatic heterocycles. The van der Waals surface area contributed by atoms with Gasteiger partial charge in [0.1, 0.15) is 18.3 Å². The zero-order valence-electron chi connectivity index (χ0n) is 23.4. The van der Waals surface area contributed by atoms with E-state index in [1.54, 1.807) is 18.4 Å². The van der Waals surface area contributed by atoms with E-state index in [0.717, 1.165) is 11.1 Å². The number of nitrogens with two attached hydrogens (primary N) is 1. The number of allylic oxidation sites excluding steroid dienone is 6. The molecule has 9 nitrogen and oxygen atoms in total. The third kappa shape index (κ3) is 16.2. The number of nitrogens with one attached hydrogen (secondary N) is 1. The summed E-state index contributed by atoms with van der Waals surface area (Å²) < 4.78 is 10.9. The van der Waals surface area contributed by atoms with Crippen molar-refractivity contribution < 1.29 is 34.1 Å². The second kappa shape index (κ2) is 18.8. The van der Waals surface area contributed by atoms with Crippen LogP contribution >= 0.6 is 0 Å². The fourth-order valence-electron chi connectivity index (χ4n) is 3.90. The van der Waals surface area contributed by atoms with Gasteiger partial charge in [-0.2, -0.15) is 0 Å². The molecule has 2 amide bonds. The van der Waals surface area contributed by atoms with E-state index in [9.17, 15) is 24.6 Å². The molecule has 0 aromatic rings. The second-order valence-electron chi connectivity index (χ2n) is 9.75. The molecular weight excluding hydrogens is 500 g/mol. The minimum absolute atomic E-state index is 0.107. The predicted octanol–water partition coefficient (Wildman–Crippen LogP) is 4.29. The van der Waals surface area contributed by atoms with Gasteiger partial charge in [0.25, 0.3) is 0 Å². The van der Waals surface area contributed by atoms with Crippen LogP contribution in [-0.2, 0) is 19.1 Å². The molecule has 9 heteroatoms. The Hall–Kier alpha value is -3.43. The molecule has 0 saturated heterocycles. The summed E-state index contributed by atoms with van der Waals surface area (Å²) in [5, 5.41) is 23.2. The van der Waals surface area contributed by atoms with E-state index in [0.29, 0.717) is 38.5 Å². The van der Waals surface area contributed by atoms with Gasteiger partial charge in [-0.15, -0.1) is 0 Å². The van der Waals surface area contributed by atoms with Gasteiger partial charge in [-0.25, -0.2) is 9.59 Å². The topological polar surface area (TPSA) is 148 Å². The number of hydrogen-bond donors (Lipinski definition) is 4. The largest absolute Gasteiger partial charge is 0.458 e. The number of aliphatic hydroxyl groups excluding tert-OH is 2. The standard InChI is InChI=1S/C30H44N2O7/c1-21-11-7-5-9-13-27(39-30(31)37)26(35)16-15-25(34)12-8-6-10-14-29(36)38-28(20-21)23(3)19-22(2)17-18-32-24(4)33/h5,7,10-11,14-19,23,25-28,34-35H,6,8-9,12-13,20H2,1-4H3,(H2,31,37)(H,32,33)/b7-5+,14-10+,16-15+,18-17+,21-11+,22-19+. The summed E-state index contributed by atoms with van der Waals surface area (Å²) >= 11 is 0. The van der Waals surface area contributed by atoms with E-state index in [1.165, 1.54) is 25.2 Å². The average molecular weight is 545 g/mol. The van der Waals surface area contributed by atoms with E-state index >= 15 is 0 Å². The predicted molar refractivity (Wildman–Crippen MR) is 151 cm³/mol. The molecule has 5 unspecified atom stereocenters. The van der Waals surface area contributed by atoms with Crippen LogP contribution in [0.3, 0.4) is 0 Å². The summed E-state index contributed by atoms with van der Waals surface area (Å²) in [7, 11) is 0. The van der Waals surface area contributed by atoms with Crippen molar-refractivity contribution in [2.45, 2.75) is 90.6 Å². The first-order valence-corrected chi connectivity index (χ1v) is 13.3. The highest BCUT2D eigenvalue weighted by atomic mass is 16.6. The van der Waals surface area contributed by atoms with Crippen LogP contribution in [0.15, 0.2) is 72.0 Å². The first-order chi connectivity index (χ1) is 18.5. The minimum atomic E-state index is -1.11. The fraction of sp³-hybridized carbons (Fsp3) is 0.500. The van der Waals surface area contributed by atoms with Gasteiger partial charge in [-0.1, -0.05) is 60.6 Å². The Morgan fingerprint density at radius 3 is 2.62 bits per heavy atom. The van der Waals surface area contributed by atoms with Crippen molar-refractivity contribution in [1.82, 2.24) is 5.32 Å². The minimum Gasteiger partial charge on any atom is -0.458 e. The van der Waals surface area contributed by atoms with Gasteiger partial charge in [0.2, 0.25) is 5.91 Å². The molecule has 0 aromatic carbocycles. The zero-order valence-corrected chi connectivity index (χ0v) is 23.4. The summed E-state index contributed by atoms with van der Waals surface area (Å²) in [5.41, 5.74) is 7.07. The lowest BCUT2D eigenvalue weighted by Gasteiger charge is -2.22. The lowest BCUT2D eigenvalue weighted by molar-refractivity contribution is -0.144. The normalized spacial score (nSPS) is 29.2. The van der Waals surface area contributed by atoms with Crippen molar-refractivity contribution in [3.63, 3.8) is 0 Å². The summed E-state index contributed by atoms with van der Waals surface area (Å²) in [6, 6.07) is 0. The third-order valence-electron chi connectivity index (χ3n) is 5.97. The van der Waals surface area contributed by atoms with Crippen molar-refractivity contribution in [2.75, 3.05) is 0 Å². The van der Waals surface area contributed by atoms with E-state index < -0.39 is 36.5 Å². The highest BCUT2D eigenvalue weighted by Crippen LogP contribution is 2.21. The van der Waals surface area contributed by atoms with Crippen LogP contribution in [0.1, 0.15) is 66.2 Å². The number of cyclic esters (lactones) is 1. The fourth-order valence-corrected chi connectivity index (χ4v) is 3.90. The molecule has 1 aliphatic rings. The van der Waals surface area contributed by atoms with Crippen LogP contribution in [0.2, 0.25) is 0 Å². The van der Waals surface area contributed by atoms with E-state index in [2.05, 4.69) is 5.32 Å². The number of carbonyl (C=O) groups is 3. The first-order valence-electron chi connectivity index (χ1n) is 13.3. The van der Waals surface area contributed by atoms with Crippen LogP contribution in [0.25, 0.3) is 0 Å². The van der Waals surface area contributed by atoms with Crippen molar-refractivity contribution in [1.29, 1.82) is 0 Å². The maximum Gasteiger partial charge on any atom is 0.404 e. The molecule has 0 aliphatic carbocycles. The number of aliphatic hydroxyl groups is 2. The Morgan fingerprint density at radius 1 is 1.18 bits per heavy atom. The van der Waals surface area contributed by atoms with Crippen LogP contribution in [0.4, 0.5) is 4.79 Å². The number of primary amides is 1. The van der Waals surface area contributed by atoms with Crippen molar-refractivity contribution in [3.05, 3.63) is 72.0 Å². The Morgan fingerprint density at radius 2 is 1.92 bits per heavy atom. The monoisotopic (exact) mass is 544 g/mol. The Balaban J connectivity index is 3.10. The van der Waals surface area contributed by atoms with Gasteiger partial charge in [0.05, 0.1) is 6.10 Å². The molecular formula is C30H44N2O7. The van der Waals surface area contributed by atoms with Gasteiger partial charge in [-0.3, -0.25) is 4.79 Å². The summed E-state index contributed by atoms with van der Waals surface area (Å²) in [5.74, 6) is -0.701. The molecule has 5 atom stereocenters. The Bertz CT molecular complexity index is 978. The number of ether oxygens (including phenoxy) is 2. The number of carbonyl (C=O) groups excluding carboxylic acids is 3.